The number of hydrogen-bond acceptors (Lipinski definition) is 4. The summed E-state index contributed by atoms with van der Waals surface area (Å²) >= 11 is 0. The molecule has 1 saturated heterocycles. The molecule has 2 aliphatic rings. The van der Waals surface area contributed by atoms with E-state index in [-0.39, 0.29) is 6.04 Å². The van der Waals surface area contributed by atoms with Crippen LogP contribution in [0.3, 0.4) is 0 Å². The third kappa shape index (κ3) is 3.45. The highest BCUT2D eigenvalue weighted by atomic mass is 32.2. The zero-order valence-corrected chi connectivity index (χ0v) is 14.9. The van der Waals surface area contributed by atoms with Crippen LogP contribution in [0.2, 0.25) is 0 Å². The minimum absolute atomic E-state index is 0.364. The molecule has 1 aliphatic carbocycles. The van der Waals surface area contributed by atoms with Crippen LogP contribution in [0.15, 0.2) is 29.2 Å². The van der Waals surface area contributed by atoms with Crippen LogP contribution in [-0.2, 0) is 10.0 Å². The largest absolute Gasteiger partial charge is 0.355 e. The maximum absolute atomic E-state index is 13.8. The van der Waals surface area contributed by atoms with Crippen LogP contribution in [-0.4, -0.2) is 37.7 Å². The molecule has 4 rings (SSSR count). The first-order valence-electron chi connectivity index (χ1n) is 8.70. The highest BCUT2D eigenvalue weighted by Gasteiger charge is 2.30. The minimum atomic E-state index is -4.24. The van der Waals surface area contributed by atoms with E-state index in [1.165, 1.54) is 12.8 Å². The van der Waals surface area contributed by atoms with E-state index in [9.17, 15) is 17.2 Å². The monoisotopic (exact) mass is 382 g/mol. The lowest BCUT2D eigenvalue weighted by Crippen LogP contribution is -2.45. The molecule has 0 unspecified atom stereocenters. The number of rotatable bonds is 5. The van der Waals surface area contributed by atoms with E-state index in [4.69, 9.17) is 0 Å². The summed E-state index contributed by atoms with van der Waals surface area (Å²) in [5.74, 6) is -0.706. The average Bonchev–Trinajstić information content (AvgIpc) is 3.32. The molecule has 0 spiro atoms. The van der Waals surface area contributed by atoms with Gasteiger partial charge in [-0.05, 0) is 37.8 Å². The molecule has 9 heteroatoms. The van der Waals surface area contributed by atoms with Gasteiger partial charge in [-0.3, -0.25) is 5.10 Å². The predicted molar refractivity (Wildman–Crippen MR) is 92.5 cm³/mol. The van der Waals surface area contributed by atoms with Crippen LogP contribution >= 0.6 is 0 Å². The summed E-state index contributed by atoms with van der Waals surface area (Å²) < 4.78 is 54.7. The summed E-state index contributed by atoms with van der Waals surface area (Å²) in [6.07, 6.45) is 3.47. The van der Waals surface area contributed by atoms with Crippen molar-refractivity contribution in [1.29, 1.82) is 0 Å². The molecule has 1 saturated carbocycles. The molecule has 2 heterocycles. The molecule has 2 fully saturated rings. The number of benzene rings is 1. The van der Waals surface area contributed by atoms with Crippen LogP contribution < -0.4 is 9.62 Å². The Morgan fingerprint density at radius 3 is 2.38 bits per heavy atom. The zero-order valence-electron chi connectivity index (χ0n) is 14.1. The topological polar surface area (TPSA) is 78.1 Å². The van der Waals surface area contributed by atoms with Gasteiger partial charge in [0.15, 0.2) is 10.7 Å². The second kappa shape index (κ2) is 6.62. The number of hydrogen-bond donors (Lipinski definition) is 2. The van der Waals surface area contributed by atoms with Crippen LogP contribution in [0, 0.1) is 11.6 Å². The van der Waals surface area contributed by atoms with E-state index in [0.29, 0.717) is 31.8 Å². The lowest BCUT2D eigenvalue weighted by atomic mass is 10.1. The Morgan fingerprint density at radius 2 is 1.77 bits per heavy atom. The summed E-state index contributed by atoms with van der Waals surface area (Å²) in [4.78, 5) is 1.18. The highest BCUT2D eigenvalue weighted by Crippen LogP contribution is 2.40. The number of sulfonamides is 1. The van der Waals surface area contributed by atoms with E-state index >= 15 is 0 Å². The van der Waals surface area contributed by atoms with Gasteiger partial charge in [-0.2, -0.15) is 5.10 Å². The average molecular weight is 382 g/mol. The first kappa shape index (κ1) is 17.4. The number of aromatic nitrogens is 2. The van der Waals surface area contributed by atoms with E-state index in [1.807, 2.05) is 0 Å². The molecule has 2 N–H and O–H groups in total. The van der Waals surface area contributed by atoms with Gasteiger partial charge in [0, 0.05) is 36.8 Å². The minimum Gasteiger partial charge on any atom is -0.355 e. The molecular formula is C17H20F2N4O2S. The Balaban J connectivity index is 1.40. The molecule has 0 amide bonds. The van der Waals surface area contributed by atoms with Crippen LogP contribution in [0.4, 0.5) is 14.6 Å². The van der Waals surface area contributed by atoms with Crippen molar-refractivity contribution < 1.29 is 17.2 Å². The van der Waals surface area contributed by atoms with Gasteiger partial charge in [0.05, 0.1) is 0 Å². The molecule has 2 aromatic rings. The van der Waals surface area contributed by atoms with Gasteiger partial charge >= 0.3 is 0 Å². The fourth-order valence-electron chi connectivity index (χ4n) is 3.33. The molecular weight excluding hydrogens is 362 g/mol. The summed E-state index contributed by atoms with van der Waals surface area (Å²) in [5.41, 5.74) is 1.15. The number of nitrogens with zero attached hydrogens (tertiary/aromatic N) is 2. The molecule has 0 bridgehead atoms. The fraction of sp³-hybridized carbons (Fsp3) is 0.471. The van der Waals surface area contributed by atoms with E-state index in [1.54, 1.807) is 0 Å². The standard InChI is InChI=1S/C17H20F2N4O2S/c18-13-2-1-3-14(19)17(13)26(24,25)22-12-6-8-23(9-7-12)16-10-15(20-21-16)11-4-5-11/h1-3,10-12,22H,4-9H2,(H,20,21). The molecule has 6 nitrogen and oxygen atoms in total. The summed E-state index contributed by atoms with van der Waals surface area (Å²) in [5, 5.41) is 7.40. The van der Waals surface area contributed by atoms with Crippen LogP contribution in [0.1, 0.15) is 37.3 Å². The molecule has 1 aliphatic heterocycles. The zero-order chi connectivity index (χ0) is 18.3. The fourth-order valence-corrected chi connectivity index (χ4v) is 4.78. The van der Waals surface area contributed by atoms with Crippen molar-refractivity contribution in [3.05, 3.63) is 41.6 Å². The smallest absolute Gasteiger partial charge is 0.246 e. The number of anilines is 1. The summed E-state index contributed by atoms with van der Waals surface area (Å²) in [7, 11) is -4.24. The normalized spacial score (nSPS) is 19.1. The van der Waals surface area contributed by atoms with E-state index in [0.717, 1.165) is 29.7 Å². The van der Waals surface area contributed by atoms with Crippen LogP contribution in [0.25, 0.3) is 0 Å². The number of piperidine rings is 1. The van der Waals surface area contributed by atoms with Crippen molar-refractivity contribution in [2.75, 3.05) is 18.0 Å². The molecule has 140 valence electrons. The Kier molecular flexibility index (Phi) is 4.44. The second-order valence-corrected chi connectivity index (χ2v) is 8.54. The third-order valence-corrected chi connectivity index (χ3v) is 6.50. The first-order valence-corrected chi connectivity index (χ1v) is 10.2. The summed E-state index contributed by atoms with van der Waals surface area (Å²) in [6.45, 7) is 1.25. The van der Waals surface area contributed by atoms with Gasteiger partial charge in [0.2, 0.25) is 10.0 Å². The van der Waals surface area contributed by atoms with Gasteiger partial charge in [-0.1, -0.05) is 6.07 Å². The predicted octanol–water partition coefficient (Wildman–Crippen LogP) is 2.51. The summed E-state index contributed by atoms with van der Waals surface area (Å²) in [6, 6.07) is 4.71. The first-order chi connectivity index (χ1) is 12.4. The van der Waals surface area contributed by atoms with Crippen molar-refractivity contribution in [3.63, 3.8) is 0 Å². The van der Waals surface area contributed by atoms with Gasteiger partial charge < -0.3 is 4.90 Å². The number of H-pyrrole nitrogens is 1. The SMILES string of the molecule is O=S(=O)(NC1CCN(c2cc(C3CC3)[nH]n2)CC1)c1c(F)cccc1F. The van der Waals surface area contributed by atoms with Gasteiger partial charge in [-0.15, -0.1) is 0 Å². The molecule has 1 aromatic carbocycles. The third-order valence-electron chi connectivity index (χ3n) is 4.93. The molecule has 0 radical (unpaired) electrons. The molecule has 0 atom stereocenters. The van der Waals surface area contributed by atoms with E-state index < -0.39 is 26.6 Å². The van der Waals surface area contributed by atoms with Gasteiger partial charge in [0.25, 0.3) is 0 Å². The quantitative estimate of drug-likeness (QED) is 0.833. The number of aromatic amines is 1. The van der Waals surface area contributed by atoms with Crippen molar-refractivity contribution in [2.45, 2.75) is 42.5 Å². The highest BCUT2D eigenvalue weighted by molar-refractivity contribution is 7.89. The second-order valence-electron chi connectivity index (χ2n) is 6.89. The maximum Gasteiger partial charge on any atom is 0.246 e. The van der Waals surface area contributed by atoms with E-state index in [2.05, 4.69) is 25.9 Å². The maximum atomic E-state index is 13.8. The number of halogens is 2. The Labute approximate surface area is 150 Å². The lowest BCUT2D eigenvalue weighted by molar-refractivity contribution is 0.452. The van der Waals surface area contributed by atoms with Crippen molar-refractivity contribution >= 4 is 15.8 Å². The Bertz CT molecular complexity index is 883. The number of nitrogens with one attached hydrogen (secondary N) is 2. The Morgan fingerprint density at radius 1 is 1.12 bits per heavy atom. The van der Waals surface area contributed by atoms with Gasteiger partial charge in [-0.25, -0.2) is 21.9 Å². The Hall–Kier alpha value is -2.00. The van der Waals surface area contributed by atoms with Crippen molar-refractivity contribution in [2.24, 2.45) is 0 Å². The lowest BCUT2D eigenvalue weighted by Gasteiger charge is -2.32. The van der Waals surface area contributed by atoms with Crippen LogP contribution in [0.5, 0.6) is 0 Å². The molecule has 26 heavy (non-hydrogen) atoms. The van der Waals surface area contributed by atoms with Crippen molar-refractivity contribution in [1.82, 2.24) is 14.9 Å². The van der Waals surface area contributed by atoms with Crippen molar-refractivity contribution in [3.8, 4) is 0 Å². The van der Waals surface area contributed by atoms with Gasteiger partial charge in [0.1, 0.15) is 11.6 Å². The molecule has 1 aromatic heterocycles.